The summed E-state index contributed by atoms with van der Waals surface area (Å²) in [6, 6.07) is 4.51. The van der Waals surface area contributed by atoms with E-state index < -0.39 is 12.0 Å². The lowest BCUT2D eigenvalue weighted by molar-refractivity contribution is -0.139. The number of aliphatic carboxylic acids is 1. The molecule has 2 aromatic rings. The molecule has 6 nitrogen and oxygen atoms in total. The zero-order chi connectivity index (χ0) is 15.7. The predicted octanol–water partition coefficient (Wildman–Crippen LogP) is 3.24. The largest absolute Gasteiger partial charge is 0.493 e. The highest BCUT2D eigenvalue weighted by atomic mass is 35.5. The normalized spacial score (nSPS) is 15.7. The Bertz CT molecular complexity index is 721. The highest BCUT2D eigenvalue weighted by Crippen LogP contribution is 2.33. The maximum atomic E-state index is 11.3. The van der Waals surface area contributed by atoms with E-state index in [1.54, 1.807) is 18.2 Å². The topological polar surface area (TPSA) is 87.2 Å². The Morgan fingerprint density at radius 2 is 2.21 bits per heavy atom. The first kappa shape index (κ1) is 20.6. The van der Waals surface area contributed by atoms with Crippen LogP contribution in [0.25, 0.3) is 11.4 Å². The van der Waals surface area contributed by atoms with E-state index in [1.807, 2.05) is 6.92 Å². The van der Waals surface area contributed by atoms with Crippen molar-refractivity contribution in [3.05, 3.63) is 34.6 Å². The Balaban J connectivity index is 0.00000144. The summed E-state index contributed by atoms with van der Waals surface area (Å²) in [5, 5.41) is 12.8. The first-order valence-corrected chi connectivity index (χ1v) is 7.45. The fourth-order valence-corrected chi connectivity index (χ4v) is 2.76. The molecule has 0 radical (unpaired) electrons. The number of aromatic amines is 1. The summed E-state index contributed by atoms with van der Waals surface area (Å²) in [6.45, 7) is 3.02. The summed E-state index contributed by atoms with van der Waals surface area (Å²) in [6.07, 6.45) is 0.705. The van der Waals surface area contributed by atoms with E-state index in [1.165, 1.54) is 0 Å². The van der Waals surface area contributed by atoms with E-state index >= 15 is 0 Å². The van der Waals surface area contributed by atoms with Crippen molar-refractivity contribution in [1.82, 2.24) is 15.3 Å². The van der Waals surface area contributed by atoms with Crippen molar-refractivity contribution in [3.8, 4) is 17.1 Å². The molecule has 0 amide bonds. The summed E-state index contributed by atoms with van der Waals surface area (Å²) < 4.78 is 5.60. The van der Waals surface area contributed by atoms with Gasteiger partial charge in [0.05, 0.1) is 17.9 Å². The molecule has 1 aromatic heterocycles. The lowest BCUT2D eigenvalue weighted by atomic mass is 10.1. The number of halogens is 3. The van der Waals surface area contributed by atoms with E-state index in [2.05, 4.69) is 15.3 Å². The number of H-pyrrole nitrogens is 1. The van der Waals surface area contributed by atoms with Gasteiger partial charge in [-0.15, -0.1) is 24.8 Å². The number of imidazole rings is 1. The molecule has 132 valence electrons. The molecule has 3 N–H and O–H groups in total. The number of nitrogens with zero attached hydrogens (tertiary/aromatic N) is 1. The lowest BCUT2D eigenvalue weighted by Gasteiger charge is -2.18. The van der Waals surface area contributed by atoms with Gasteiger partial charge in [0.1, 0.15) is 11.6 Å². The highest BCUT2D eigenvalue weighted by Gasteiger charge is 2.30. The third kappa shape index (κ3) is 3.95. The van der Waals surface area contributed by atoms with Gasteiger partial charge in [0.15, 0.2) is 6.04 Å². The molecule has 0 fully saturated rings. The zero-order valence-electron chi connectivity index (χ0n) is 12.8. The quantitative estimate of drug-likeness (QED) is 0.741. The fraction of sp³-hybridized carbons (Fsp3) is 0.333. The molecule has 1 aliphatic heterocycles. The van der Waals surface area contributed by atoms with Gasteiger partial charge in [-0.05, 0) is 25.1 Å². The number of nitrogens with one attached hydrogen (secondary N) is 2. The number of carboxylic acids is 1. The SMILES string of the molecule is CCOc1ccc(Cl)cc1-c1nc2c([nH]1)CCNC2C(=O)O.Cl.Cl. The molecule has 0 spiro atoms. The minimum absolute atomic E-state index is 0. The van der Waals surface area contributed by atoms with Crippen molar-refractivity contribution in [2.75, 3.05) is 13.2 Å². The summed E-state index contributed by atoms with van der Waals surface area (Å²) in [5.74, 6) is 0.304. The molecule has 0 bridgehead atoms. The van der Waals surface area contributed by atoms with Crippen LogP contribution in [0.3, 0.4) is 0 Å². The van der Waals surface area contributed by atoms with Crippen molar-refractivity contribution in [2.45, 2.75) is 19.4 Å². The Kier molecular flexibility index (Phi) is 7.35. The van der Waals surface area contributed by atoms with Crippen LogP contribution in [0.4, 0.5) is 0 Å². The standard InChI is InChI=1S/C15H16ClN3O3.2ClH/c1-2-22-11-4-3-8(16)7-9(11)14-18-10-5-6-17-13(15(20)21)12(10)19-14;;/h3-4,7,13,17H,2,5-6H2,1H3,(H,18,19)(H,20,21);2*1H. The first-order chi connectivity index (χ1) is 10.6. The minimum Gasteiger partial charge on any atom is -0.493 e. The van der Waals surface area contributed by atoms with Crippen molar-refractivity contribution >= 4 is 42.4 Å². The van der Waals surface area contributed by atoms with E-state index in [4.69, 9.17) is 16.3 Å². The van der Waals surface area contributed by atoms with Crippen molar-refractivity contribution < 1.29 is 14.6 Å². The van der Waals surface area contributed by atoms with Crippen LogP contribution in [-0.2, 0) is 11.2 Å². The monoisotopic (exact) mass is 393 g/mol. The number of fused-ring (bicyclic) bond motifs is 1. The van der Waals surface area contributed by atoms with E-state index in [0.29, 0.717) is 41.9 Å². The molecule has 1 aliphatic rings. The van der Waals surface area contributed by atoms with Gasteiger partial charge in [0, 0.05) is 23.7 Å². The second-order valence-corrected chi connectivity index (χ2v) is 5.43. The summed E-state index contributed by atoms with van der Waals surface area (Å²) in [5.41, 5.74) is 2.09. The molecule has 9 heteroatoms. The summed E-state index contributed by atoms with van der Waals surface area (Å²) >= 11 is 6.07. The van der Waals surface area contributed by atoms with Crippen LogP contribution in [-0.4, -0.2) is 34.2 Å². The molecule has 0 saturated heterocycles. The third-order valence-corrected chi connectivity index (χ3v) is 3.79. The van der Waals surface area contributed by atoms with Gasteiger partial charge >= 0.3 is 5.97 Å². The zero-order valence-corrected chi connectivity index (χ0v) is 15.2. The van der Waals surface area contributed by atoms with Crippen LogP contribution >= 0.6 is 36.4 Å². The third-order valence-electron chi connectivity index (χ3n) is 3.55. The van der Waals surface area contributed by atoms with Crippen LogP contribution in [0.1, 0.15) is 24.4 Å². The van der Waals surface area contributed by atoms with Gasteiger partial charge in [-0.2, -0.15) is 0 Å². The first-order valence-electron chi connectivity index (χ1n) is 7.07. The molecule has 0 aliphatic carbocycles. The van der Waals surface area contributed by atoms with Crippen LogP contribution in [0.2, 0.25) is 5.02 Å². The van der Waals surface area contributed by atoms with Gasteiger partial charge in [0.25, 0.3) is 0 Å². The van der Waals surface area contributed by atoms with E-state index in [-0.39, 0.29) is 24.8 Å². The maximum Gasteiger partial charge on any atom is 0.327 e. The molecule has 2 heterocycles. The van der Waals surface area contributed by atoms with Crippen molar-refractivity contribution in [1.29, 1.82) is 0 Å². The maximum absolute atomic E-state index is 11.3. The van der Waals surface area contributed by atoms with Crippen molar-refractivity contribution in [2.24, 2.45) is 0 Å². The number of aromatic nitrogens is 2. The van der Waals surface area contributed by atoms with Crippen LogP contribution in [0.15, 0.2) is 18.2 Å². The highest BCUT2D eigenvalue weighted by molar-refractivity contribution is 6.30. The Labute approximate surface area is 156 Å². The minimum atomic E-state index is -0.935. The van der Waals surface area contributed by atoms with E-state index in [9.17, 15) is 9.90 Å². The average molecular weight is 395 g/mol. The number of carboxylic acid groups (broad SMARTS) is 1. The summed E-state index contributed by atoms with van der Waals surface area (Å²) in [7, 11) is 0. The Morgan fingerprint density at radius 3 is 2.88 bits per heavy atom. The van der Waals surface area contributed by atoms with Crippen LogP contribution < -0.4 is 10.1 Å². The molecule has 1 aromatic carbocycles. The molecule has 0 saturated carbocycles. The second kappa shape index (κ2) is 8.58. The number of benzene rings is 1. The smallest absolute Gasteiger partial charge is 0.327 e. The number of hydrogen-bond acceptors (Lipinski definition) is 4. The Morgan fingerprint density at radius 1 is 1.46 bits per heavy atom. The molecular formula is C15H18Cl3N3O3. The van der Waals surface area contributed by atoms with E-state index in [0.717, 1.165) is 11.3 Å². The molecule has 1 unspecified atom stereocenters. The number of ether oxygens (including phenoxy) is 1. The molecule has 1 atom stereocenters. The van der Waals surface area contributed by atoms with Gasteiger partial charge in [-0.3, -0.25) is 10.1 Å². The summed E-state index contributed by atoms with van der Waals surface area (Å²) in [4.78, 5) is 19.0. The molecule has 3 rings (SSSR count). The van der Waals surface area contributed by atoms with Gasteiger partial charge in [-0.1, -0.05) is 11.6 Å². The fourth-order valence-electron chi connectivity index (χ4n) is 2.59. The van der Waals surface area contributed by atoms with Gasteiger partial charge in [-0.25, -0.2) is 4.98 Å². The van der Waals surface area contributed by atoms with Gasteiger partial charge < -0.3 is 14.8 Å². The van der Waals surface area contributed by atoms with Gasteiger partial charge in [0.2, 0.25) is 0 Å². The lowest BCUT2D eigenvalue weighted by Crippen LogP contribution is -2.35. The second-order valence-electron chi connectivity index (χ2n) is 5.00. The van der Waals surface area contributed by atoms with Crippen LogP contribution in [0.5, 0.6) is 5.75 Å². The predicted molar refractivity (Wildman–Crippen MR) is 96.8 cm³/mol. The Hall–Kier alpha value is -1.47. The number of hydrogen-bond donors (Lipinski definition) is 3. The van der Waals surface area contributed by atoms with Crippen LogP contribution in [0, 0.1) is 0 Å². The number of rotatable bonds is 4. The average Bonchev–Trinajstić information content (AvgIpc) is 2.92. The van der Waals surface area contributed by atoms with Crippen molar-refractivity contribution in [3.63, 3.8) is 0 Å². The molecular weight excluding hydrogens is 377 g/mol. The molecule has 24 heavy (non-hydrogen) atoms. The number of carbonyl (C=O) groups is 1.